The summed E-state index contributed by atoms with van der Waals surface area (Å²) in [7, 11) is -4.54. The molecule has 2 aliphatic heterocycles. The Labute approximate surface area is 237 Å². The number of benzene rings is 2. The van der Waals surface area contributed by atoms with Crippen LogP contribution in [0.5, 0.6) is 11.5 Å². The van der Waals surface area contributed by atoms with Crippen LogP contribution < -0.4 is 19.7 Å². The van der Waals surface area contributed by atoms with Crippen molar-refractivity contribution in [3.05, 3.63) is 77.5 Å². The fraction of sp³-hybridized carbons (Fsp3) is 0.250. The molecule has 14 heteroatoms. The predicted octanol–water partition coefficient (Wildman–Crippen LogP) is 5.02. The van der Waals surface area contributed by atoms with Crippen LogP contribution in [0.1, 0.15) is 34.5 Å². The molecular weight excluding hydrogens is 580 g/mol. The maximum Gasteiger partial charge on any atom is 0.265 e. The molecule has 0 spiro atoms. The molecule has 2 aromatic carbocycles. The van der Waals surface area contributed by atoms with Gasteiger partial charge in [0, 0.05) is 41.0 Å². The number of halogens is 4. The minimum Gasteiger partial charge on any atom is -0.489 e. The molecule has 0 fully saturated rings. The van der Waals surface area contributed by atoms with Crippen LogP contribution in [-0.4, -0.2) is 49.6 Å². The predicted molar refractivity (Wildman–Crippen MR) is 143 cm³/mol. The van der Waals surface area contributed by atoms with Crippen molar-refractivity contribution in [3.8, 4) is 11.5 Å². The molecule has 218 valence electrons. The van der Waals surface area contributed by atoms with E-state index < -0.39 is 50.6 Å². The van der Waals surface area contributed by atoms with Gasteiger partial charge in [-0.25, -0.2) is 31.0 Å². The molecule has 2 aliphatic rings. The molecule has 4 aromatic rings. The number of rotatable bonds is 5. The Kier molecular flexibility index (Phi) is 7.09. The van der Waals surface area contributed by atoms with E-state index in [4.69, 9.17) is 9.47 Å². The third-order valence-corrected chi connectivity index (χ3v) is 8.77. The lowest BCUT2D eigenvalue weighted by Crippen LogP contribution is -2.29. The van der Waals surface area contributed by atoms with Crippen molar-refractivity contribution in [2.24, 2.45) is 0 Å². The molecule has 9 nitrogen and oxygen atoms in total. The second-order valence-corrected chi connectivity index (χ2v) is 11.7. The second kappa shape index (κ2) is 10.7. The Balaban J connectivity index is 1.23. The van der Waals surface area contributed by atoms with E-state index in [0.717, 1.165) is 34.8 Å². The number of carbonyl (C=O) groups excluding carboxylic acids is 1. The summed E-state index contributed by atoms with van der Waals surface area (Å²) < 4.78 is 90.7. The Morgan fingerprint density at radius 1 is 1.05 bits per heavy atom. The SMILES string of the molecule is O=C(NCc1cc2cc(N3CCOc4cc(C(F)F)cnc43)ccc2cn1)c1cc(F)c2c(c1)S(=O)(=O)[C@@H](F)CCO2. The van der Waals surface area contributed by atoms with Crippen molar-refractivity contribution < 1.29 is 40.2 Å². The van der Waals surface area contributed by atoms with Gasteiger partial charge in [0.2, 0.25) is 15.3 Å². The largest absolute Gasteiger partial charge is 0.489 e. The zero-order valence-electron chi connectivity index (χ0n) is 21.7. The lowest BCUT2D eigenvalue weighted by molar-refractivity contribution is 0.0949. The maximum atomic E-state index is 14.7. The first-order valence-corrected chi connectivity index (χ1v) is 14.4. The number of hydrogen-bond acceptors (Lipinski definition) is 8. The van der Waals surface area contributed by atoms with Gasteiger partial charge in [-0.1, -0.05) is 6.07 Å². The molecule has 0 bridgehead atoms. The molecule has 2 aromatic heterocycles. The Morgan fingerprint density at radius 3 is 2.69 bits per heavy atom. The molecular formula is C28H22F4N4O5S. The van der Waals surface area contributed by atoms with E-state index in [-0.39, 0.29) is 36.6 Å². The van der Waals surface area contributed by atoms with E-state index >= 15 is 0 Å². The topological polar surface area (TPSA) is 111 Å². The van der Waals surface area contributed by atoms with E-state index in [1.54, 1.807) is 12.3 Å². The number of sulfone groups is 1. The highest BCUT2D eigenvalue weighted by Gasteiger charge is 2.35. The van der Waals surface area contributed by atoms with Crippen LogP contribution >= 0.6 is 0 Å². The molecule has 1 atom stereocenters. The van der Waals surface area contributed by atoms with Crippen LogP contribution in [-0.2, 0) is 16.4 Å². The van der Waals surface area contributed by atoms with E-state index in [0.29, 0.717) is 18.1 Å². The van der Waals surface area contributed by atoms with E-state index in [1.807, 2.05) is 23.1 Å². The van der Waals surface area contributed by atoms with Gasteiger partial charge >= 0.3 is 0 Å². The first kappa shape index (κ1) is 27.7. The number of nitrogens with one attached hydrogen (secondary N) is 1. The van der Waals surface area contributed by atoms with Crippen LogP contribution in [0.4, 0.5) is 29.1 Å². The quantitative estimate of drug-likeness (QED) is 0.317. The lowest BCUT2D eigenvalue weighted by atomic mass is 10.1. The summed E-state index contributed by atoms with van der Waals surface area (Å²) in [5.74, 6) is -1.82. The molecule has 1 N–H and O–H groups in total. The number of nitrogens with zero attached hydrogens (tertiary/aromatic N) is 3. The monoisotopic (exact) mass is 602 g/mol. The summed E-state index contributed by atoms with van der Waals surface area (Å²) in [6.07, 6.45) is -0.407. The van der Waals surface area contributed by atoms with Gasteiger partial charge in [0.1, 0.15) is 11.5 Å². The van der Waals surface area contributed by atoms with Gasteiger partial charge in [0.15, 0.2) is 23.1 Å². The lowest BCUT2D eigenvalue weighted by Gasteiger charge is -2.30. The normalized spacial score (nSPS) is 17.5. The fourth-order valence-corrected chi connectivity index (χ4v) is 6.18. The molecule has 0 saturated heterocycles. The number of anilines is 2. The van der Waals surface area contributed by atoms with Gasteiger partial charge in [-0.15, -0.1) is 0 Å². The van der Waals surface area contributed by atoms with Gasteiger partial charge in [-0.05, 0) is 41.8 Å². The maximum absolute atomic E-state index is 14.7. The van der Waals surface area contributed by atoms with Crippen molar-refractivity contribution in [2.75, 3.05) is 24.7 Å². The van der Waals surface area contributed by atoms with Crippen LogP contribution in [0.15, 0.2) is 59.8 Å². The molecule has 6 rings (SSSR count). The number of fused-ring (bicyclic) bond motifs is 3. The summed E-state index contributed by atoms with van der Waals surface area (Å²) in [5, 5.41) is 4.13. The Bertz CT molecular complexity index is 1820. The van der Waals surface area contributed by atoms with Crippen molar-refractivity contribution in [3.63, 3.8) is 0 Å². The standard InChI is InChI=1S/C28H22F4N4O5S/c29-21-9-17(11-23-25(21)41-5-3-24(30)42(23,38)39)28(37)35-14-19-7-16-8-20(2-1-15(16)12-33-19)36-4-6-40-22-10-18(26(31)32)13-34-27(22)36/h1-2,7-13,24,26H,3-6,14H2,(H,35,37)/t24-/m1/s1. The average molecular weight is 603 g/mol. The van der Waals surface area contributed by atoms with Gasteiger partial charge in [0.25, 0.3) is 12.3 Å². The van der Waals surface area contributed by atoms with Crippen molar-refractivity contribution in [1.82, 2.24) is 15.3 Å². The number of ether oxygens (including phenoxy) is 2. The van der Waals surface area contributed by atoms with Gasteiger partial charge in [0.05, 0.1) is 25.4 Å². The summed E-state index contributed by atoms with van der Waals surface area (Å²) in [4.78, 5) is 22.5. The number of pyridine rings is 2. The van der Waals surface area contributed by atoms with Crippen LogP contribution in [0.2, 0.25) is 0 Å². The highest BCUT2D eigenvalue weighted by Crippen LogP contribution is 2.38. The van der Waals surface area contributed by atoms with Crippen molar-refractivity contribution in [1.29, 1.82) is 0 Å². The summed E-state index contributed by atoms with van der Waals surface area (Å²) in [6, 6.07) is 10.3. The first-order chi connectivity index (χ1) is 20.1. The zero-order valence-corrected chi connectivity index (χ0v) is 22.5. The molecule has 0 radical (unpaired) electrons. The van der Waals surface area contributed by atoms with Crippen LogP contribution in [0, 0.1) is 5.82 Å². The number of aromatic nitrogens is 2. The van der Waals surface area contributed by atoms with E-state index in [1.165, 1.54) is 6.07 Å². The summed E-state index contributed by atoms with van der Waals surface area (Å²) in [5.41, 5.74) is -1.64. The van der Waals surface area contributed by atoms with Crippen molar-refractivity contribution in [2.45, 2.75) is 29.8 Å². The van der Waals surface area contributed by atoms with Gasteiger partial charge in [-0.3, -0.25) is 9.78 Å². The van der Waals surface area contributed by atoms with Crippen molar-refractivity contribution >= 4 is 38.0 Å². The third kappa shape index (κ3) is 5.06. The fourth-order valence-electron chi connectivity index (χ4n) is 4.79. The number of hydrogen-bond donors (Lipinski definition) is 1. The molecule has 1 amide bonds. The second-order valence-electron chi connectivity index (χ2n) is 9.66. The molecule has 4 heterocycles. The third-order valence-electron chi connectivity index (χ3n) is 6.94. The highest BCUT2D eigenvalue weighted by molar-refractivity contribution is 7.92. The smallest absolute Gasteiger partial charge is 0.265 e. The highest BCUT2D eigenvalue weighted by atomic mass is 32.2. The number of alkyl halides is 3. The molecule has 0 aliphatic carbocycles. The molecule has 42 heavy (non-hydrogen) atoms. The van der Waals surface area contributed by atoms with Crippen LogP contribution in [0.3, 0.4) is 0 Å². The van der Waals surface area contributed by atoms with E-state index in [2.05, 4.69) is 15.3 Å². The van der Waals surface area contributed by atoms with E-state index in [9.17, 15) is 30.8 Å². The molecule has 0 saturated carbocycles. The minimum atomic E-state index is -4.54. The molecule has 0 unspecified atom stereocenters. The summed E-state index contributed by atoms with van der Waals surface area (Å²) >= 11 is 0. The number of amides is 1. The average Bonchev–Trinajstić information content (AvgIpc) is 3.10. The summed E-state index contributed by atoms with van der Waals surface area (Å²) in [6.45, 7) is 0.314. The number of carbonyl (C=O) groups is 1. The minimum absolute atomic E-state index is 0.0783. The first-order valence-electron chi connectivity index (χ1n) is 12.8. The Morgan fingerprint density at radius 2 is 1.88 bits per heavy atom. The van der Waals surface area contributed by atoms with Crippen LogP contribution in [0.25, 0.3) is 10.8 Å². The zero-order chi connectivity index (χ0) is 29.6. The van der Waals surface area contributed by atoms with Gasteiger partial charge in [-0.2, -0.15) is 0 Å². The Hall–Kier alpha value is -4.46. The van der Waals surface area contributed by atoms with Gasteiger partial charge < -0.3 is 19.7 Å².